The highest BCUT2D eigenvalue weighted by Gasteiger charge is 2.42. The summed E-state index contributed by atoms with van der Waals surface area (Å²) in [4.78, 5) is 7.50. The minimum absolute atomic E-state index is 0.0154. The van der Waals surface area contributed by atoms with Crippen molar-refractivity contribution in [2.24, 2.45) is 10.7 Å². The number of aromatic nitrogens is 1. The van der Waals surface area contributed by atoms with E-state index in [2.05, 4.69) is 9.98 Å². The average Bonchev–Trinajstić information content (AvgIpc) is 2.73. The molecule has 30 heavy (non-hydrogen) atoms. The Morgan fingerprint density at radius 3 is 2.53 bits per heavy atom. The number of nitrogens with zero attached hydrogens (tertiary/aromatic N) is 4. The Morgan fingerprint density at radius 2 is 2.00 bits per heavy atom. The summed E-state index contributed by atoms with van der Waals surface area (Å²) in [5.41, 5.74) is 5.95. The van der Waals surface area contributed by atoms with Crippen LogP contribution in [0.3, 0.4) is 0 Å². The molecule has 0 aliphatic heterocycles. The second-order valence-electron chi connectivity index (χ2n) is 6.84. The number of sulfonamides is 1. The van der Waals surface area contributed by atoms with Crippen LogP contribution in [-0.4, -0.2) is 37.8 Å². The molecule has 0 saturated heterocycles. The van der Waals surface area contributed by atoms with Gasteiger partial charge in [0.2, 0.25) is 16.0 Å². The van der Waals surface area contributed by atoms with Gasteiger partial charge in [0.15, 0.2) is 0 Å². The molecule has 0 amide bonds. The maximum atomic E-state index is 14.6. The molecular weight excluding hydrogens is 412 g/mol. The van der Waals surface area contributed by atoms with E-state index < -0.39 is 26.4 Å². The third-order valence-corrected chi connectivity index (χ3v) is 7.04. The molecule has 7 nitrogen and oxygen atoms in total. The van der Waals surface area contributed by atoms with Crippen LogP contribution in [0.4, 0.5) is 8.78 Å². The van der Waals surface area contributed by atoms with Gasteiger partial charge in [-0.15, -0.1) is 0 Å². The minimum atomic E-state index is -4.15. The second-order valence-corrected chi connectivity index (χ2v) is 9.36. The Balaban J connectivity index is 2.51. The van der Waals surface area contributed by atoms with E-state index in [0.29, 0.717) is 0 Å². The van der Waals surface area contributed by atoms with Crippen LogP contribution >= 0.6 is 0 Å². The van der Waals surface area contributed by atoms with Gasteiger partial charge in [0.05, 0.1) is 11.3 Å². The van der Waals surface area contributed by atoms with E-state index in [9.17, 15) is 17.2 Å². The quantitative estimate of drug-likeness (QED) is 0.575. The molecule has 0 aliphatic rings. The smallest absolute Gasteiger partial charge is 0.246 e. The molecule has 2 N–H and O–H groups in total. The maximum absolute atomic E-state index is 14.6. The van der Waals surface area contributed by atoms with Crippen LogP contribution in [0.2, 0.25) is 0 Å². The summed E-state index contributed by atoms with van der Waals surface area (Å²) in [5.74, 6) is -1.74. The van der Waals surface area contributed by atoms with E-state index in [1.165, 1.54) is 58.4 Å². The molecule has 2 rings (SSSR count). The van der Waals surface area contributed by atoms with Crippen molar-refractivity contribution in [2.45, 2.75) is 18.6 Å². The zero-order chi connectivity index (χ0) is 22.7. The molecule has 0 saturated carbocycles. The van der Waals surface area contributed by atoms with Crippen LogP contribution in [0.1, 0.15) is 36.2 Å². The summed E-state index contributed by atoms with van der Waals surface area (Å²) in [6.45, 7) is 2.65. The predicted octanol–water partition coefficient (Wildman–Crippen LogP) is 3.00. The zero-order valence-electron chi connectivity index (χ0n) is 16.9. The van der Waals surface area contributed by atoms with Crippen LogP contribution in [0.5, 0.6) is 0 Å². The Morgan fingerprint density at radius 1 is 1.33 bits per heavy atom. The van der Waals surface area contributed by atoms with Gasteiger partial charge in [-0.1, -0.05) is 6.07 Å². The fourth-order valence-corrected chi connectivity index (χ4v) is 4.11. The summed E-state index contributed by atoms with van der Waals surface area (Å²) >= 11 is 0. The van der Waals surface area contributed by atoms with Crippen molar-refractivity contribution >= 4 is 27.9 Å². The molecule has 1 aromatic carbocycles. The number of aliphatic imine (C=N–C) groups is 1. The fourth-order valence-electron chi connectivity index (χ4n) is 2.66. The lowest BCUT2D eigenvalue weighted by Crippen LogP contribution is -2.47. The van der Waals surface area contributed by atoms with E-state index in [0.717, 1.165) is 16.4 Å². The monoisotopic (exact) mass is 433 g/mol. The number of rotatable bonds is 5. The minimum Gasteiger partial charge on any atom is -0.369 e. The van der Waals surface area contributed by atoms with Crippen LogP contribution in [0.25, 0.3) is 11.9 Å². The number of pyridine rings is 1. The Labute approximate surface area is 174 Å². The molecule has 0 unspecified atom stereocenters. The van der Waals surface area contributed by atoms with Gasteiger partial charge in [-0.05, 0) is 49.8 Å². The van der Waals surface area contributed by atoms with Crippen LogP contribution in [0, 0.1) is 17.1 Å². The predicted molar refractivity (Wildman–Crippen MR) is 112 cm³/mol. The van der Waals surface area contributed by atoms with Gasteiger partial charge in [-0.25, -0.2) is 21.5 Å². The summed E-state index contributed by atoms with van der Waals surface area (Å²) in [7, 11) is -1.60. The SMILES string of the molecule is C/N=C(/N)N(C)S(=O)(=O)C(C)(C)c1cc(/C=C(\F)c2ccc(C#N)cn2)ccc1F. The van der Waals surface area contributed by atoms with Crippen molar-refractivity contribution in [1.82, 2.24) is 9.29 Å². The van der Waals surface area contributed by atoms with E-state index in [4.69, 9.17) is 11.0 Å². The van der Waals surface area contributed by atoms with E-state index in [1.54, 1.807) is 0 Å². The number of nitrogens with two attached hydrogens (primary N) is 1. The first-order chi connectivity index (χ1) is 13.9. The van der Waals surface area contributed by atoms with Crippen molar-refractivity contribution in [3.8, 4) is 6.07 Å². The molecular formula is C20H21F2N5O2S. The standard InChI is InChI=1S/C20H21F2N5O2S/c1-20(2,30(28,29)27(4)19(24)25-3)15-9-13(5-7-16(15)21)10-17(22)18-8-6-14(11-23)12-26-18/h5-10,12H,1-4H3,(H2,24,25)/b17-10-. The highest BCUT2D eigenvalue weighted by Crippen LogP contribution is 2.34. The van der Waals surface area contributed by atoms with Crippen molar-refractivity contribution in [1.29, 1.82) is 5.26 Å². The number of hydrogen-bond acceptors (Lipinski definition) is 5. The fraction of sp³-hybridized carbons (Fsp3) is 0.250. The molecule has 0 atom stereocenters. The third kappa shape index (κ3) is 4.31. The molecule has 0 bridgehead atoms. The number of hydrogen-bond donors (Lipinski definition) is 1. The highest BCUT2D eigenvalue weighted by molar-refractivity contribution is 7.90. The number of nitriles is 1. The van der Waals surface area contributed by atoms with Crippen molar-refractivity contribution < 1.29 is 17.2 Å². The first-order valence-corrected chi connectivity index (χ1v) is 10.1. The third-order valence-electron chi connectivity index (χ3n) is 4.63. The molecule has 2 aromatic rings. The van der Waals surface area contributed by atoms with E-state index in [-0.39, 0.29) is 28.3 Å². The Bertz CT molecular complexity index is 1150. The first kappa shape index (κ1) is 23.0. The van der Waals surface area contributed by atoms with Gasteiger partial charge >= 0.3 is 0 Å². The van der Waals surface area contributed by atoms with Gasteiger partial charge in [0.25, 0.3) is 0 Å². The molecule has 0 fully saturated rings. The number of benzene rings is 1. The van der Waals surface area contributed by atoms with E-state index in [1.807, 2.05) is 6.07 Å². The van der Waals surface area contributed by atoms with Crippen molar-refractivity contribution in [3.05, 3.63) is 64.7 Å². The lowest BCUT2D eigenvalue weighted by molar-refractivity contribution is 0.496. The zero-order valence-corrected chi connectivity index (χ0v) is 17.7. The van der Waals surface area contributed by atoms with E-state index >= 15 is 0 Å². The molecule has 1 heterocycles. The summed E-state index contributed by atoms with van der Waals surface area (Å²) in [6.07, 6.45) is 2.33. The first-order valence-electron chi connectivity index (χ1n) is 8.70. The van der Waals surface area contributed by atoms with Crippen molar-refractivity contribution in [3.63, 3.8) is 0 Å². The maximum Gasteiger partial charge on any atom is 0.246 e. The largest absolute Gasteiger partial charge is 0.369 e. The molecule has 158 valence electrons. The van der Waals surface area contributed by atoms with Gasteiger partial charge in [0, 0.05) is 25.9 Å². The van der Waals surface area contributed by atoms with Gasteiger partial charge < -0.3 is 5.73 Å². The summed E-state index contributed by atoms with van der Waals surface area (Å²) < 4.78 is 54.2. The van der Waals surface area contributed by atoms with Crippen molar-refractivity contribution in [2.75, 3.05) is 14.1 Å². The Hall–Kier alpha value is -3.32. The molecule has 0 aliphatic carbocycles. The lowest BCUT2D eigenvalue weighted by Gasteiger charge is -2.31. The topological polar surface area (TPSA) is 112 Å². The van der Waals surface area contributed by atoms with Gasteiger partial charge in [-0.3, -0.25) is 9.98 Å². The molecule has 0 radical (unpaired) electrons. The summed E-state index contributed by atoms with van der Waals surface area (Å²) in [6, 6.07) is 8.27. The lowest BCUT2D eigenvalue weighted by atomic mass is 9.98. The normalized spacial score (nSPS) is 13.1. The molecule has 0 spiro atoms. The van der Waals surface area contributed by atoms with Gasteiger partial charge in [0.1, 0.15) is 22.5 Å². The molecule has 10 heteroatoms. The number of guanidine groups is 1. The average molecular weight is 433 g/mol. The van der Waals surface area contributed by atoms with Crippen LogP contribution in [0.15, 0.2) is 41.5 Å². The Kier molecular flexibility index (Phi) is 6.57. The molecule has 1 aromatic heterocycles. The highest BCUT2D eigenvalue weighted by atomic mass is 32.2. The number of halogens is 2. The van der Waals surface area contributed by atoms with Gasteiger partial charge in [-0.2, -0.15) is 5.26 Å². The van der Waals surface area contributed by atoms with Crippen LogP contribution < -0.4 is 5.73 Å². The second kappa shape index (κ2) is 8.59. The summed E-state index contributed by atoms with van der Waals surface area (Å²) in [5, 5.41) is 8.79. The van der Waals surface area contributed by atoms with Crippen LogP contribution in [-0.2, 0) is 14.8 Å².